The number of amides is 1. The Bertz CT molecular complexity index is 1170. The number of rotatable bonds is 5. The zero-order chi connectivity index (χ0) is 24.4. The molecule has 1 unspecified atom stereocenters. The van der Waals surface area contributed by atoms with Crippen molar-refractivity contribution in [2.75, 3.05) is 34.9 Å². The highest BCUT2D eigenvalue weighted by Crippen LogP contribution is 2.53. The second-order valence-electron chi connectivity index (χ2n) is 11.4. The van der Waals surface area contributed by atoms with Crippen molar-refractivity contribution < 1.29 is 14.6 Å². The van der Waals surface area contributed by atoms with E-state index in [-0.39, 0.29) is 24.5 Å². The van der Waals surface area contributed by atoms with Crippen molar-refractivity contribution in [1.29, 1.82) is 0 Å². The van der Waals surface area contributed by atoms with Crippen LogP contribution in [0, 0.1) is 29.6 Å². The summed E-state index contributed by atoms with van der Waals surface area (Å²) >= 11 is 0. The van der Waals surface area contributed by atoms with E-state index in [4.69, 9.17) is 4.74 Å². The molecule has 1 aromatic heterocycles. The molecule has 7 rings (SSSR count). The number of nitrogens with one attached hydrogen (secondary N) is 1. The molecule has 3 saturated carbocycles. The van der Waals surface area contributed by atoms with Crippen LogP contribution >= 0.6 is 0 Å². The highest BCUT2D eigenvalue weighted by molar-refractivity contribution is 6.00. The molecule has 1 aromatic carbocycles. The SMILES string of the molecule is CCO[C@@H]1CC[C@@H]2[C@H]1CC[C@@H]2C(=O)N1Cc2cccnc2Nc2ccc(N3C[C@@H]4CC4[C@H]3CO)cc21. The molecule has 0 spiro atoms. The second kappa shape index (κ2) is 8.73. The summed E-state index contributed by atoms with van der Waals surface area (Å²) in [5.41, 5.74) is 3.98. The zero-order valence-corrected chi connectivity index (χ0v) is 21.0. The number of carbonyl (C=O) groups is 1. The molecule has 3 heterocycles. The number of nitrogens with zero attached hydrogens (tertiary/aromatic N) is 3. The Morgan fingerprint density at radius 1 is 1.17 bits per heavy atom. The third-order valence-electron chi connectivity index (χ3n) is 9.67. The Kier molecular flexibility index (Phi) is 5.47. The predicted octanol–water partition coefficient (Wildman–Crippen LogP) is 4.33. The lowest BCUT2D eigenvalue weighted by Gasteiger charge is -2.32. The fourth-order valence-electron chi connectivity index (χ4n) is 7.86. The Labute approximate surface area is 212 Å². The van der Waals surface area contributed by atoms with Gasteiger partial charge in [-0.3, -0.25) is 4.79 Å². The standard InChI is InChI=1S/C29H36N4O3/c1-2-36-27-10-8-20-21(27)6-7-22(20)29(35)33-14-17-4-3-11-30-28(17)31-24-9-5-19(13-25(24)33)32-15-18-12-23(18)26(32)16-34/h3-5,9,11,13,18,20-23,26-27,34H,2,6-8,10,12,14-16H2,1H3,(H,30,31)/t18-,20+,21+,22-,23?,26+,27+/m0/s1. The van der Waals surface area contributed by atoms with E-state index in [1.165, 1.54) is 6.42 Å². The van der Waals surface area contributed by atoms with E-state index in [0.29, 0.717) is 36.3 Å². The molecule has 7 nitrogen and oxygen atoms in total. The minimum absolute atomic E-state index is 0.0415. The number of fused-ring (bicyclic) bond motifs is 4. The number of aliphatic hydroxyl groups is 1. The summed E-state index contributed by atoms with van der Waals surface area (Å²) in [5.74, 6) is 3.31. The maximum Gasteiger partial charge on any atom is 0.230 e. The molecule has 190 valence electrons. The van der Waals surface area contributed by atoms with Gasteiger partial charge in [-0.1, -0.05) is 6.07 Å². The third kappa shape index (κ3) is 3.54. The van der Waals surface area contributed by atoms with Crippen LogP contribution in [-0.2, 0) is 16.1 Å². The van der Waals surface area contributed by atoms with Gasteiger partial charge in [0.05, 0.1) is 36.7 Å². The number of benzene rings is 1. The number of pyridine rings is 1. The quantitative estimate of drug-likeness (QED) is 0.652. The van der Waals surface area contributed by atoms with Crippen molar-refractivity contribution in [1.82, 2.24) is 4.98 Å². The van der Waals surface area contributed by atoms with E-state index in [0.717, 1.165) is 67.3 Å². The minimum atomic E-state index is 0.0415. The molecule has 0 bridgehead atoms. The smallest absolute Gasteiger partial charge is 0.230 e. The summed E-state index contributed by atoms with van der Waals surface area (Å²) in [4.78, 5) is 23.3. The molecule has 2 aliphatic heterocycles. The Hall–Kier alpha value is -2.64. The first kappa shape index (κ1) is 22.5. The van der Waals surface area contributed by atoms with Crippen LogP contribution in [0.3, 0.4) is 0 Å². The van der Waals surface area contributed by atoms with Crippen molar-refractivity contribution >= 4 is 28.8 Å². The number of anilines is 4. The number of hydrogen-bond acceptors (Lipinski definition) is 6. The van der Waals surface area contributed by atoms with E-state index in [2.05, 4.69) is 46.4 Å². The van der Waals surface area contributed by atoms with Crippen LogP contribution in [0.2, 0.25) is 0 Å². The molecule has 1 amide bonds. The minimum Gasteiger partial charge on any atom is -0.394 e. The van der Waals surface area contributed by atoms with Gasteiger partial charge in [-0.05, 0) is 87.0 Å². The Morgan fingerprint density at radius 2 is 2.06 bits per heavy atom. The van der Waals surface area contributed by atoms with Gasteiger partial charge in [0, 0.05) is 36.5 Å². The summed E-state index contributed by atoms with van der Waals surface area (Å²) in [5, 5.41) is 13.6. The summed E-state index contributed by atoms with van der Waals surface area (Å²) in [7, 11) is 0. The van der Waals surface area contributed by atoms with Gasteiger partial charge in [0.25, 0.3) is 0 Å². The maximum absolute atomic E-state index is 14.3. The normalized spacial score (nSPS) is 33.9. The van der Waals surface area contributed by atoms with Crippen LogP contribution in [0.4, 0.5) is 22.9 Å². The van der Waals surface area contributed by atoms with Crippen LogP contribution in [0.25, 0.3) is 0 Å². The van der Waals surface area contributed by atoms with Gasteiger partial charge in [0.15, 0.2) is 0 Å². The number of carbonyl (C=O) groups excluding carboxylic acids is 1. The van der Waals surface area contributed by atoms with Crippen LogP contribution < -0.4 is 15.1 Å². The Balaban J connectivity index is 1.24. The van der Waals surface area contributed by atoms with E-state index in [1.807, 2.05) is 11.0 Å². The van der Waals surface area contributed by atoms with Crippen LogP contribution in [0.15, 0.2) is 36.5 Å². The number of ether oxygens (including phenoxy) is 1. The van der Waals surface area contributed by atoms with Crippen molar-refractivity contribution in [2.24, 2.45) is 29.6 Å². The van der Waals surface area contributed by atoms with Crippen LogP contribution in [0.1, 0.15) is 44.6 Å². The van der Waals surface area contributed by atoms with Crippen LogP contribution in [0.5, 0.6) is 0 Å². The van der Waals surface area contributed by atoms with Crippen molar-refractivity contribution in [3.8, 4) is 0 Å². The van der Waals surface area contributed by atoms with Crippen molar-refractivity contribution in [3.05, 3.63) is 42.1 Å². The molecule has 3 aliphatic carbocycles. The van der Waals surface area contributed by atoms with Gasteiger partial charge in [0.1, 0.15) is 5.82 Å². The van der Waals surface area contributed by atoms with E-state index < -0.39 is 0 Å². The lowest BCUT2D eigenvalue weighted by Crippen LogP contribution is -2.38. The topological polar surface area (TPSA) is 77.9 Å². The highest BCUT2D eigenvalue weighted by Gasteiger charge is 2.52. The first-order chi connectivity index (χ1) is 17.7. The molecule has 0 radical (unpaired) electrons. The summed E-state index contributed by atoms with van der Waals surface area (Å²) in [6.07, 6.45) is 7.51. The van der Waals surface area contributed by atoms with Gasteiger partial charge >= 0.3 is 0 Å². The highest BCUT2D eigenvalue weighted by atomic mass is 16.5. The monoisotopic (exact) mass is 488 g/mol. The lowest BCUT2D eigenvalue weighted by molar-refractivity contribution is -0.123. The second-order valence-corrected chi connectivity index (χ2v) is 11.4. The van der Waals surface area contributed by atoms with Gasteiger partial charge in [-0.2, -0.15) is 0 Å². The van der Waals surface area contributed by atoms with Crippen LogP contribution in [-0.4, -0.2) is 47.9 Å². The number of aliphatic hydroxyl groups excluding tert-OH is 1. The molecule has 2 aromatic rings. The summed E-state index contributed by atoms with van der Waals surface area (Å²) < 4.78 is 6.05. The molecule has 2 N–H and O–H groups in total. The van der Waals surface area contributed by atoms with E-state index in [1.54, 1.807) is 6.20 Å². The largest absolute Gasteiger partial charge is 0.394 e. The first-order valence-electron chi connectivity index (χ1n) is 13.8. The van der Waals surface area contributed by atoms with Gasteiger partial charge in [-0.15, -0.1) is 0 Å². The molecule has 7 atom stereocenters. The molecular weight excluding hydrogens is 452 g/mol. The maximum atomic E-state index is 14.3. The number of aromatic nitrogens is 1. The number of piperidine rings is 1. The van der Waals surface area contributed by atoms with E-state index in [9.17, 15) is 9.90 Å². The fraction of sp³-hybridized carbons (Fsp3) is 0.586. The first-order valence-corrected chi connectivity index (χ1v) is 13.8. The summed E-state index contributed by atoms with van der Waals surface area (Å²) in [6, 6.07) is 10.6. The number of hydrogen-bond donors (Lipinski definition) is 2. The zero-order valence-electron chi connectivity index (χ0n) is 21.0. The molecule has 4 fully saturated rings. The lowest BCUT2D eigenvalue weighted by atomic mass is 9.90. The molecule has 1 saturated heterocycles. The third-order valence-corrected chi connectivity index (χ3v) is 9.67. The van der Waals surface area contributed by atoms with Gasteiger partial charge in [0.2, 0.25) is 5.91 Å². The Morgan fingerprint density at radius 3 is 2.92 bits per heavy atom. The average Bonchev–Trinajstić information content (AvgIpc) is 3.21. The molecule has 36 heavy (non-hydrogen) atoms. The van der Waals surface area contributed by atoms with E-state index >= 15 is 0 Å². The van der Waals surface area contributed by atoms with Gasteiger partial charge < -0.3 is 25.0 Å². The molecule has 5 aliphatic rings. The van der Waals surface area contributed by atoms with Gasteiger partial charge in [-0.25, -0.2) is 4.98 Å². The average molecular weight is 489 g/mol. The predicted molar refractivity (Wildman–Crippen MR) is 139 cm³/mol. The molecular formula is C29H36N4O3. The summed E-state index contributed by atoms with van der Waals surface area (Å²) in [6.45, 7) is 4.50. The van der Waals surface area contributed by atoms with Crippen molar-refractivity contribution in [3.63, 3.8) is 0 Å². The van der Waals surface area contributed by atoms with Crippen molar-refractivity contribution in [2.45, 2.75) is 57.7 Å². The fourth-order valence-corrected chi connectivity index (χ4v) is 7.86. The molecule has 7 heteroatoms.